The molecule has 0 aromatic carbocycles. The Labute approximate surface area is 107 Å². The van der Waals surface area contributed by atoms with Crippen LogP contribution in [0.15, 0.2) is 4.99 Å². The molecule has 0 atom stereocenters. The lowest BCUT2D eigenvalue weighted by atomic mass is 10.2. The highest BCUT2D eigenvalue weighted by atomic mass is 19.4. The van der Waals surface area contributed by atoms with Crippen molar-refractivity contribution < 1.29 is 13.2 Å². The Morgan fingerprint density at radius 1 is 1.06 bits per heavy atom. The minimum atomic E-state index is -4.50. The fourth-order valence-electron chi connectivity index (χ4n) is 1.50. The third-order valence-corrected chi connectivity index (χ3v) is 2.64. The number of aliphatic imine (C=N–C) groups is 1. The van der Waals surface area contributed by atoms with E-state index < -0.39 is 12.0 Å². The summed E-state index contributed by atoms with van der Waals surface area (Å²) in [6.45, 7) is 6.67. The molecule has 6 heteroatoms. The second kappa shape index (κ2) is 9.19. The Hall–Kier alpha value is -0.780. The number of nitrogens with zero attached hydrogens (tertiary/aromatic N) is 2. The third kappa shape index (κ3) is 8.33. The average molecular weight is 267 g/mol. The molecule has 0 rings (SSSR count). The molecule has 0 spiro atoms. The van der Waals surface area contributed by atoms with E-state index in [1.54, 1.807) is 0 Å². The lowest BCUT2D eigenvalue weighted by Gasteiger charge is -2.21. The number of halogens is 3. The number of nitrogens with two attached hydrogens (primary N) is 1. The first kappa shape index (κ1) is 17.2. The highest BCUT2D eigenvalue weighted by Crippen LogP contribution is 2.14. The van der Waals surface area contributed by atoms with Crippen LogP contribution >= 0.6 is 0 Å². The number of alkyl halides is 3. The Morgan fingerprint density at radius 3 is 1.94 bits per heavy atom. The van der Waals surface area contributed by atoms with Gasteiger partial charge in [-0.3, -0.25) is 4.99 Å². The van der Waals surface area contributed by atoms with Crippen molar-refractivity contribution in [2.24, 2.45) is 10.7 Å². The molecule has 0 saturated heterocycles. The largest absolute Gasteiger partial charge is 0.448 e. The molecule has 0 heterocycles. The lowest BCUT2D eigenvalue weighted by Crippen LogP contribution is -2.33. The van der Waals surface area contributed by atoms with E-state index in [0.29, 0.717) is 6.54 Å². The van der Waals surface area contributed by atoms with Gasteiger partial charge in [-0.2, -0.15) is 13.2 Å². The van der Waals surface area contributed by atoms with Gasteiger partial charge in [0.25, 0.3) is 0 Å². The van der Waals surface area contributed by atoms with Crippen LogP contribution in [0.3, 0.4) is 0 Å². The molecule has 3 nitrogen and oxygen atoms in total. The van der Waals surface area contributed by atoms with Gasteiger partial charge in [-0.15, -0.1) is 0 Å². The molecule has 0 aromatic heterocycles. The topological polar surface area (TPSA) is 41.6 Å². The van der Waals surface area contributed by atoms with E-state index >= 15 is 0 Å². The maximum Gasteiger partial charge on any atom is 0.448 e. The maximum atomic E-state index is 12.1. The summed E-state index contributed by atoms with van der Waals surface area (Å²) in [6, 6.07) is 0. The number of hydrogen-bond donors (Lipinski definition) is 1. The first-order chi connectivity index (χ1) is 8.41. The van der Waals surface area contributed by atoms with E-state index in [9.17, 15) is 13.2 Å². The molecule has 108 valence electrons. The second-order valence-corrected chi connectivity index (χ2v) is 4.31. The van der Waals surface area contributed by atoms with Gasteiger partial charge in [0.1, 0.15) is 0 Å². The van der Waals surface area contributed by atoms with E-state index in [-0.39, 0.29) is 6.54 Å². The average Bonchev–Trinajstić information content (AvgIpc) is 2.30. The van der Waals surface area contributed by atoms with Crippen LogP contribution in [-0.2, 0) is 0 Å². The third-order valence-electron chi connectivity index (χ3n) is 2.64. The van der Waals surface area contributed by atoms with Crippen molar-refractivity contribution in [3.05, 3.63) is 0 Å². The van der Waals surface area contributed by atoms with Crippen molar-refractivity contribution in [1.29, 1.82) is 0 Å². The number of rotatable bonds is 9. The molecule has 2 N–H and O–H groups in total. The summed E-state index contributed by atoms with van der Waals surface area (Å²) in [5.74, 6) is -1.23. The summed E-state index contributed by atoms with van der Waals surface area (Å²) in [7, 11) is 0. The van der Waals surface area contributed by atoms with Crippen LogP contribution < -0.4 is 5.73 Å². The van der Waals surface area contributed by atoms with Crippen LogP contribution in [-0.4, -0.2) is 43.1 Å². The van der Waals surface area contributed by atoms with E-state index in [4.69, 9.17) is 5.73 Å². The molecule has 18 heavy (non-hydrogen) atoms. The molecule has 0 bridgehead atoms. The fraction of sp³-hybridized carbons (Fsp3) is 0.917. The summed E-state index contributed by atoms with van der Waals surface area (Å²) < 4.78 is 36.3. The molecular formula is C12H24F3N3. The SMILES string of the molecule is CCCCN(CCCC)CCN=C(N)C(F)(F)F. The van der Waals surface area contributed by atoms with Gasteiger partial charge in [0.05, 0.1) is 6.54 Å². The highest BCUT2D eigenvalue weighted by Gasteiger charge is 2.33. The van der Waals surface area contributed by atoms with Gasteiger partial charge in [-0.1, -0.05) is 26.7 Å². The van der Waals surface area contributed by atoms with Crippen LogP contribution in [0.5, 0.6) is 0 Å². The quantitative estimate of drug-likeness (QED) is 0.515. The van der Waals surface area contributed by atoms with Gasteiger partial charge in [0.2, 0.25) is 5.84 Å². The summed E-state index contributed by atoms with van der Waals surface area (Å²) >= 11 is 0. The molecule has 0 aromatic rings. The monoisotopic (exact) mass is 267 g/mol. The molecule has 0 fully saturated rings. The minimum absolute atomic E-state index is 0.110. The number of amidine groups is 1. The molecule has 0 saturated carbocycles. The Morgan fingerprint density at radius 2 is 1.56 bits per heavy atom. The van der Waals surface area contributed by atoms with Gasteiger partial charge >= 0.3 is 6.18 Å². The van der Waals surface area contributed by atoms with E-state index in [1.807, 2.05) is 0 Å². The summed E-state index contributed by atoms with van der Waals surface area (Å²) in [5, 5.41) is 0. The zero-order valence-electron chi connectivity index (χ0n) is 11.3. The maximum absolute atomic E-state index is 12.1. The first-order valence-electron chi connectivity index (χ1n) is 6.51. The highest BCUT2D eigenvalue weighted by molar-refractivity contribution is 5.85. The molecule has 0 unspecified atom stereocenters. The molecule has 0 aliphatic rings. The minimum Gasteiger partial charge on any atom is -0.380 e. The van der Waals surface area contributed by atoms with E-state index in [0.717, 1.165) is 38.8 Å². The Balaban J connectivity index is 4.08. The molecule has 0 aliphatic carbocycles. The normalized spacial score (nSPS) is 13.3. The second-order valence-electron chi connectivity index (χ2n) is 4.31. The van der Waals surface area contributed by atoms with E-state index in [1.165, 1.54) is 0 Å². The van der Waals surface area contributed by atoms with Crippen LogP contribution in [0.4, 0.5) is 13.2 Å². The van der Waals surface area contributed by atoms with Crippen LogP contribution in [0.2, 0.25) is 0 Å². The zero-order valence-corrected chi connectivity index (χ0v) is 11.3. The predicted molar refractivity (Wildman–Crippen MR) is 68.8 cm³/mol. The summed E-state index contributed by atoms with van der Waals surface area (Å²) in [6.07, 6.45) is -0.227. The van der Waals surface area contributed by atoms with Gasteiger partial charge in [-0.25, -0.2) is 0 Å². The summed E-state index contributed by atoms with van der Waals surface area (Å²) in [4.78, 5) is 5.53. The van der Waals surface area contributed by atoms with Gasteiger partial charge in [0, 0.05) is 6.54 Å². The van der Waals surface area contributed by atoms with Crippen molar-refractivity contribution in [3.63, 3.8) is 0 Å². The van der Waals surface area contributed by atoms with Crippen molar-refractivity contribution in [3.8, 4) is 0 Å². The van der Waals surface area contributed by atoms with Crippen LogP contribution in [0.1, 0.15) is 39.5 Å². The fourth-order valence-corrected chi connectivity index (χ4v) is 1.50. The molecular weight excluding hydrogens is 243 g/mol. The lowest BCUT2D eigenvalue weighted by molar-refractivity contribution is -0.0600. The molecule has 0 amide bonds. The standard InChI is InChI=1S/C12H24F3N3/c1-3-5-8-18(9-6-4-2)10-7-17-11(16)12(13,14)15/h3-10H2,1-2H3,(H2,16,17). The van der Waals surface area contributed by atoms with Crippen molar-refractivity contribution >= 4 is 5.84 Å². The van der Waals surface area contributed by atoms with Crippen molar-refractivity contribution in [2.45, 2.75) is 45.7 Å². The van der Waals surface area contributed by atoms with Crippen LogP contribution in [0, 0.1) is 0 Å². The number of unbranched alkanes of at least 4 members (excludes halogenated alkanes) is 2. The smallest absolute Gasteiger partial charge is 0.380 e. The molecule has 0 aliphatic heterocycles. The zero-order chi connectivity index (χ0) is 14.0. The van der Waals surface area contributed by atoms with Crippen molar-refractivity contribution in [1.82, 2.24) is 4.90 Å². The Bertz CT molecular complexity index is 231. The first-order valence-corrected chi connectivity index (χ1v) is 6.51. The molecule has 0 radical (unpaired) electrons. The summed E-state index contributed by atoms with van der Waals surface area (Å²) in [5.41, 5.74) is 4.84. The predicted octanol–water partition coefficient (Wildman–Crippen LogP) is 2.81. The van der Waals surface area contributed by atoms with Gasteiger partial charge < -0.3 is 10.6 Å². The van der Waals surface area contributed by atoms with Gasteiger partial charge in [-0.05, 0) is 25.9 Å². The Kier molecular flexibility index (Phi) is 8.79. The number of hydrogen-bond acceptors (Lipinski definition) is 2. The van der Waals surface area contributed by atoms with E-state index in [2.05, 4.69) is 23.7 Å². The van der Waals surface area contributed by atoms with Crippen molar-refractivity contribution in [2.75, 3.05) is 26.2 Å². The van der Waals surface area contributed by atoms with Gasteiger partial charge in [0.15, 0.2) is 0 Å². The van der Waals surface area contributed by atoms with Crippen LogP contribution in [0.25, 0.3) is 0 Å².